The van der Waals surface area contributed by atoms with E-state index in [0.29, 0.717) is 25.4 Å². The molecule has 0 aliphatic carbocycles. The second-order valence-electron chi connectivity index (χ2n) is 7.09. The van der Waals surface area contributed by atoms with Crippen molar-refractivity contribution in [3.05, 3.63) is 95.3 Å². The summed E-state index contributed by atoms with van der Waals surface area (Å²) in [5.41, 5.74) is 2.11. The summed E-state index contributed by atoms with van der Waals surface area (Å²) in [6.45, 7) is 1.17. The first-order valence-corrected chi connectivity index (χ1v) is 10.0. The van der Waals surface area contributed by atoms with E-state index in [1.165, 1.54) is 6.20 Å². The number of carboxylic acids is 1. The molecule has 0 saturated carbocycles. The van der Waals surface area contributed by atoms with Crippen LogP contribution in [-0.2, 0) is 11.2 Å². The number of benzene rings is 2. The monoisotopic (exact) mass is 406 g/mol. The molecule has 0 bridgehead atoms. The SMILES string of the molecule is O=C(O)C[C@H](Cc1ccc(OCCCNc2cccc[n+]2[O-])cc1)c1ccccc1. The Labute approximate surface area is 176 Å². The summed E-state index contributed by atoms with van der Waals surface area (Å²) in [7, 11) is 0. The largest absolute Gasteiger partial charge is 0.711 e. The first kappa shape index (κ1) is 21.2. The first-order valence-electron chi connectivity index (χ1n) is 10.0. The number of pyridine rings is 1. The molecule has 3 rings (SSSR count). The van der Waals surface area contributed by atoms with Crippen LogP contribution in [0.3, 0.4) is 0 Å². The smallest absolute Gasteiger partial charge is 0.303 e. The van der Waals surface area contributed by atoms with Gasteiger partial charge in [-0.2, -0.15) is 0 Å². The highest BCUT2D eigenvalue weighted by molar-refractivity contribution is 5.68. The van der Waals surface area contributed by atoms with Crippen molar-refractivity contribution in [3.8, 4) is 5.75 Å². The first-order chi connectivity index (χ1) is 14.6. The fraction of sp³-hybridized carbons (Fsp3) is 0.250. The summed E-state index contributed by atoms with van der Waals surface area (Å²) in [6, 6.07) is 22.8. The van der Waals surface area contributed by atoms with Crippen molar-refractivity contribution in [2.45, 2.75) is 25.2 Å². The standard InChI is InChI=1S/C24H26N2O4/c27-24(28)18-21(20-7-2-1-3-8-20)17-19-10-12-22(13-11-19)30-16-6-14-25-23-9-4-5-15-26(23)29/h1-5,7-13,15,21,25H,6,14,16-18H2,(H,27,28)/t21-/m0/s1. The molecule has 1 atom stereocenters. The molecule has 0 spiro atoms. The average Bonchev–Trinajstić information content (AvgIpc) is 2.76. The van der Waals surface area contributed by atoms with Crippen LogP contribution in [0.2, 0.25) is 0 Å². The molecule has 6 heteroatoms. The van der Waals surface area contributed by atoms with Gasteiger partial charge in [0.05, 0.1) is 25.8 Å². The maximum atomic E-state index is 11.6. The number of anilines is 1. The number of aromatic nitrogens is 1. The van der Waals surface area contributed by atoms with Gasteiger partial charge in [0.1, 0.15) is 5.75 Å². The Hall–Kier alpha value is -3.54. The van der Waals surface area contributed by atoms with Crippen LogP contribution >= 0.6 is 0 Å². The van der Waals surface area contributed by atoms with Crippen molar-refractivity contribution in [2.24, 2.45) is 0 Å². The number of aliphatic carboxylic acids is 1. The molecule has 2 aromatic carbocycles. The van der Waals surface area contributed by atoms with Gasteiger partial charge in [-0.05, 0) is 41.7 Å². The summed E-state index contributed by atoms with van der Waals surface area (Å²) in [4.78, 5) is 11.3. The number of nitrogens with one attached hydrogen (secondary N) is 1. The van der Waals surface area contributed by atoms with Crippen molar-refractivity contribution in [2.75, 3.05) is 18.5 Å². The zero-order chi connectivity index (χ0) is 21.2. The molecular weight excluding hydrogens is 380 g/mol. The lowest BCUT2D eigenvalue weighted by Crippen LogP contribution is -2.30. The lowest BCUT2D eigenvalue weighted by atomic mass is 9.89. The molecule has 0 amide bonds. The third kappa shape index (κ3) is 6.51. The fourth-order valence-corrected chi connectivity index (χ4v) is 3.29. The number of hydrogen-bond acceptors (Lipinski definition) is 4. The van der Waals surface area contributed by atoms with Crippen LogP contribution in [-0.4, -0.2) is 24.2 Å². The van der Waals surface area contributed by atoms with Gasteiger partial charge < -0.3 is 15.1 Å². The van der Waals surface area contributed by atoms with Crippen molar-refractivity contribution in [1.82, 2.24) is 0 Å². The Kier molecular flexibility index (Phi) is 7.66. The van der Waals surface area contributed by atoms with Crippen LogP contribution in [0.4, 0.5) is 5.82 Å². The number of rotatable bonds is 11. The molecule has 0 aliphatic rings. The quantitative estimate of drug-likeness (QED) is 0.286. The van der Waals surface area contributed by atoms with E-state index >= 15 is 0 Å². The second-order valence-corrected chi connectivity index (χ2v) is 7.09. The minimum absolute atomic E-state index is 0.0664. The lowest BCUT2D eigenvalue weighted by Gasteiger charge is -2.16. The minimum atomic E-state index is -0.796. The van der Waals surface area contributed by atoms with Gasteiger partial charge in [-0.3, -0.25) is 10.1 Å². The zero-order valence-corrected chi connectivity index (χ0v) is 16.7. The third-order valence-corrected chi connectivity index (χ3v) is 4.82. The molecule has 30 heavy (non-hydrogen) atoms. The maximum Gasteiger partial charge on any atom is 0.303 e. The van der Waals surface area contributed by atoms with Crippen molar-refractivity contribution < 1.29 is 19.4 Å². The summed E-state index contributed by atoms with van der Waals surface area (Å²) < 4.78 is 6.56. The van der Waals surface area contributed by atoms with E-state index in [1.807, 2.05) is 60.7 Å². The molecule has 1 heterocycles. The van der Waals surface area contributed by atoms with Crippen molar-refractivity contribution in [1.29, 1.82) is 0 Å². The lowest BCUT2D eigenvalue weighted by molar-refractivity contribution is -0.590. The van der Waals surface area contributed by atoms with Gasteiger partial charge in [0.2, 0.25) is 0 Å². The molecule has 2 N–H and O–H groups in total. The number of carboxylic acid groups (broad SMARTS) is 1. The number of carbonyl (C=O) groups is 1. The number of ether oxygens (including phenoxy) is 1. The van der Waals surface area contributed by atoms with Crippen LogP contribution < -0.4 is 14.8 Å². The van der Waals surface area contributed by atoms with Gasteiger partial charge in [0.15, 0.2) is 0 Å². The molecule has 156 valence electrons. The van der Waals surface area contributed by atoms with E-state index in [-0.39, 0.29) is 12.3 Å². The van der Waals surface area contributed by atoms with Gasteiger partial charge in [-0.25, -0.2) is 4.73 Å². The summed E-state index contributed by atoms with van der Waals surface area (Å²) in [5.74, 6) is 0.432. The third-order valence-electron chi connectivity index (χ3n) is 4.82. The number of nitrogens with zero attached hydrogens (tertiary/aromatic N) is 1. The Morgan fingerprint density at radius 1 is 1.03 bits per heavy atom. The minimum Gasteiger partial charge on any atom is -0.711 e. The highest BCUT2D eigenvalue weighted by Gasteiger charge is 2.16. The summed E-state index contributed by atoms with van der Waals surface area (Å²) >= 11 is 0. The zero-order valence-electron chi connectivity index (χ0n) is 16.7. The van der Waals surface area contributed by atoms with Crippen LogP contribution in [0, 0.1) is 5.21 Å². The Balaban J connectivity index is 1.47. The van der Waals surface area contributed by atoms with Gasteiger partial charge in [0, 0.05) is 12.5 Å². The van der Waals surface area contributed by atoms with Crippen molar-refractivity contribution >= 4 is 11.8 Å². The topological polar surface area (TPSA) is 85.5 Å². The molecular formula is C24H26N2O4. The molecule has 0 saturated heterocycles. The van der Waals surface area contributed by atoms with E-state index in [4.69, 9.17) is 4.74 Å². The highest BCUT2D eigenvalue weighted by Crippen LogP contribution is 2.25. The van der Waals surface area contributed by atoms with E-state index in [2.05, 4.69) is 5.32 Å². The van der Waals surface area contributed by atoms with E-state index in [1.54, 1.807) is 12.1 Å². The molecule has 0 fully saturated rings. The summed E-state index contributed by atoms with van der Waals surface area (Å²) in [6.07, 6.45) is 2.97. The highest BCUT2D eigenvalue weighted by atomic mass is 16.5. The maximum absolute atomic E-state index is 11.6. The van der Waals surface area contributed by atoms with Gasteiger partial charge in [-0.15, -0.1) is 0 Å². The van der Waals surface area contributed by atoms with Crippen LogP contribution in [0.15, 0.2) is 79.0 Å². The van der Waals surface area contributed by atoms with Crippen molar-refractivity contribution in [3.63, 3.8) is 0 Å². The van der Waals surface area contributed by atoms with Crippen LogP contribution in [0.1, 0.15) is 29.9 Å². The summed E-state index contributed by atoms with van der Waals surface area (Å²) in [5, 5.41) is 23.9. The van der Waals surface area contributed by atoms with E-state index in [9.17, 15) is 15.1 Å². The molecule has 3 aromatic rings. The average molecular weight is 406 g/mol. The normalized spacial score (nSPS) is 11.6. The van der Waals surface area contributed by atoms with Crippen LogP contribution in [0.5, 0.6) is 5.75 Å². The second kappa shape index (κ2) is 10.9. The Morgan fingerprint density at radius 3 is 2.47 bits per heavy atom. The predicted molar refractivity (Wildman–Crippen MR) is 116 cm³/mol. The molecule has 0 unspecified atom stereocenters. The molecule has 6 nitrogen and oxygen atoms in total. The Bertz CT molecular complexity index is 929. The Morgan fingerprint density at radius 2 is 1.77 bits per heavy atom. The van der Waals surface area contributed by atoms with E-state index in [0.717, 1.165) is 28.0 Å². The van der Waals surface area contributed by atoms with Crippen LogP contribution in [0.25, 0.3) is 0 Å². The van der Waals surface area contributed by atoms with Gasteiger partial charge >= 0.3 is 5.97 Å². The fourth-order valence-electron chi connectivity index (χ4n) is 3.29. The number of hydrogen-bond donors (Lipinski definition) is 2. The van der Waals surface area contributed by atoms with Gasteiger partial charge in [-0.1, -0.05) is 48.5 Å². The predicted octanol–water partition coefficient (Wildman–Crippen LogP) is 4.00. The molecule has 0 aliphatic heterocycles. The van der Waals surface area contributed by atoms with E-state index < -0.39 is 5.97 Å². The van der Waals surface area contributed by atoms with Gasteiger partial charge in [0.25, 0.3) is 5.82 Å². The molecule has 1 aromatic heterocycles. The molecule has 0 radical (unpaired) electrons.